The number of aromatic nitrogens is 2. The van der Waals surface area contributed by atoms with E-state index in [1.54, 1.807) is 0 Å². The van der Waals surface area contributed by atoms with Gasteiger partial charge in [-0.1, -0.05) is 18.5 Å². The van der Waals surface area contributed by atoms with Crippen LogP contribution in [0.25, 0.3) is 0 Å². The van der Waals surface area contributed by atoms with Gasteiger partial charge >= 0.3 is 0 Å². The minimum absolute atomic E-state index is 0.187. The molecule has 0 aliphatic rings. The summed E-state index contributed by atoms with van der Waals surface area (Å²) in [6.07, 6.45) is 1.67. The van der Waals surface area contributed by atoms with Crippen LogP contribution in [0.2, 0.25) is 5.02 Å². The van der Waals surface area contributed by atoms with Crippen molar-refractivity contribution >= 4 is 11.6 Å². The lowest BCUT2D eigenvalue weighted by Crippen LogP contribution is -2.49. The van der Waals surface area contributed by atoms with Gasteiger partial charge in [-0.05, 0) is 41.2 Å². The summed E-state index contributed by atoms with van der Waals surface area (Å²) in [6, 6.07) is 0.187. The molecule has 0 spiro atoms. The largest absolute Gasteiger partial charge is 0.374 e. The van der Waals surface area contributed by atoms with E-state index in [2.05, 4.69) is 38.1 Å². The average Bonchev–Trinajstić information content (AvgIpc) is 2.71. The second-order valence-electron chi connectivity index (χ2n) is 5.46. The van der Waals surface area contributed by atoms with Crippen molar-refractivity contribution in [3.63, 3.8) is 0 Å². The van der Waals surface area contributed by atoms with Crippen molar-refractivity contribution in [2.75, 3.05) is 13.7 Å². The molecule has 1 heterocycles. The Bertz CT molecular complexity index is 429. The minimum atomic E-state index is -0.248. The normalized spacial score (nSPS) is 13.8. The smallest absolute Gasteiger partial charge is 0.0850 e. The number of aryl methyl sites for hydroxylation is 2. The van der Waals surface area contributed by atoms with Crippen LogP contribution in [0.15, 0.2) is 0 Å². The van der Waals surface area contributed by atoms with Gasteiger partial charge in [0.25, 0.3) is 0 Å². The van der Waals surface area contributed by atoms with Gasteiger partial charge in [0.15, 0.2) is 0 Å². The predicted octanol–water partition coefficient (Wildman–Crippen LogP) is 3.06. The van der Waals surface area contributed by atoms with E-state index in [4.69, 9.17) is 16.3 Å². The quantitative estimate of drug-likeness (QED) is 0.802. The first-order chi connectivity index (χ1) is 9.41. The Labute approximate surface area is 127 Å². The Balaban J connectivity index is 3.03. The molecule has 0 radical (unpaired) electrons. The van der Waals surface area contributed by atoms with Crippen molar-refractivity contribution in [2.24, 2.45) is 0 Å². The summed E-state index contributed by atoms with van der Waals surface area (Å²) in [5.74, 6) is 0. The highest BCUT2D eigenvalue weighted by Gasteiger charge is 2.31. The SMILES string of the molecule is CCOC(C)(C)C(Cc1c(Cl)c(CC)nn1CC)NC. The summed E-state index contributed by atoms with van der Waals surface area (Å²) in [6.45, 7) is 11.9. The molecule has 0 aromatic carbocycles. The first-order valence-electron chi connectivity index (χ1n) is 7.46. The maximum atomic E-state index is 6.48. The number of hydrogen-bond donors (Lipinski definition) is 1. The zero-order valence-corrected chi connectivity index (χ0v) is 14.3. The summed E-state index contributed by atoms with van der Waals surface area (Å²) in [5.41, 5.74) is 1.83. The number of halogens is 1. The van der Waals surface area contributed by atoms with Gasteiger partial charge in [0.1, 0.15) is 0 Å². The van der Waals surface area contributed by atoms with Crippen molar-refractivity contribution in [2.45, 2.75) is 65.6 Å². The van der Waals surface area contributed by atoms with Crippen LogP contribution in [-0.4, -0.2) is 35.1 Å². The third kappa shape index (κ3) is 3.74. The van der Waals surface area contributed by atoms with Crippen molar-refractivity contribution in [1.29, 1.82) is 0 Å². The molecular formula is C15H28ClN3O. The van der Waals surface area contributed by atoms with Crippen LogP contribution in [0, 0.1) is 0 Å². The van der Waals surface area contributed by atoms with Gasteiger partial charge in [-0.15, -0.1) is 0 Å². The van der Waals surface area contributed by atoms with Gasteiger partial charge in [-0.25, -0.2) is 0 Å². The number of likely N-dealkylation sites (N-methyl/N-ethyl adjacent to an activating group) is 1. The molecule has 0 aliphatic carbocycles. The summed E-state index contributed by atoms with van der Waals surface area (Å²) in [5, 5.41) is 8.74. The Kier molecular flexibility index (Phi) is 6.49. The number of nitrogens with one attached hydrogen (secondary N) is 1. The third-order valence-corrected chi connectivity index (χ3v) is 4.23. The summed E-state index contributed by atoms with van der Waals surface area (Å²) in [4.78, 5) is 0. The fourth-order valence-electron chi connectivity index (χ4n) is 2.57. The van der Waals surface area contributed by atoms with Crippen molar-refractivity contribution in [3.05, 3.63) is 16.4 Å². The number of hydrogen-bond acceptors (Lipinski definition) is 3. The molecule has 0 saturated heterocycles. The van der Waals surface area contributed by atoms with Gasteiger partial charge < -0.3 is 10.1 Å². The van der Waals surface area contributed by atoms with E-state index < -0.39 is 0 Å². The van der Waals surface area contributed by atoms with Crippen LogP contribution < -0.4 is 5.32 Å². The molecule has 0 fully saturated rings. The fraction of sp³-hybridized carbons (Fsp3) is 0.800. The fourth-order valence-corrected chi connectivity index (χ4v) is 2.92. The van der Waals surface area contributed by atoms with E-state index in [-0.39, 0.29) is 11.6 Å². The predicted molar refractivity (Wildman–Crippen MR) is 84.5 cm³/mol. The molecule has 1 aromatic rings. The molecule has 0 amide bonds. The van der Waals surface area contributed by atoms with E-state index in [1.165, 1.54) is 0 Å². The van der Waals surface area contributed by atoms with Crippen LogP contribution in [-0.2, 0) is 24.1 Å². The maximum absolute atomic E-state index is 6.48. The van der Waals surface area contributed by atoms with Gasteiger partial charge in [0.2, 0.25) is 0 Å². The van der Waals surface area contributed by atoms with Crippen LogP contribution >= 0.6 is 11.6 Å². The number of rotatable bonds is 8. The Morgan fingerprint density at radius 3 is 2.45 bits per heavy atom. The van der Waals surface area contributed by atoms with E-state index >= 15 is 0 Å². The third-order valence-electron chi connectivity index (χ3n) is 3.80. The molecule has 1 atom stereocenters. The standard InChI is InChI=1S/C15H28ClN3O/c1-7-11-14(16)12(19(8-2)18-11)10-13(17-6)15(4,5)20-9-3/h13,17H,7-10H2,1-6H3. The molecule has 5 heteroatoms. The molecule has 0 aliphatic heterocycles. The Morgan fingerprint density at radius 2 is 2.00 bits per heavy atom. The first kappa shape index (κ1) is 17.5. The highest BCUT2D eigenvalue weighted by atomic mass is 35.5. The molecule has 0 saturated carbocycles. The Hall–Kier alpha value is -0.580. The van der Waals surface area contributed by atoms with E-state index in [0.29, 0.717) is 6.61 Å². The molecule has 1 rings (SSSR count). The summed E-state index contributed by atoms with van der Waals surface area (Å²) < 4.78 is 7.87. The van der Waals surface area contributed by atoms with Crippen molar-refractivity contribution < 1.29 is 4.74 Å². The molecule has 1 N–H and O–H groups in total. The molecule has 20 heavy (non-hydrogen) atoms. The topological polar surface area (TPSA) is 39.1 Å². The summed E-state index contributed by atoms with van der Waals surface area (Å²) >= 11 is 6.48. The van der Waals surface area contributed by atoms with E-state index in [1.807, 2.05) is 18.7 Å². The van der Waals surface area contributed by atoms with Crippen molar-refractivity contribution in [3.8, 4) is 0 Å². The zero-order chi connectivity index (χ0) is 15.3. The van der Waals surface area contributed by atoms with Crippen LogP contribution in [0.5, 0.6) is 0 Å². The molecule has 1 aromatic heterocycles. The van der Waals surface area contributed by atoms with E-state index in [0.717, 1.165) is 35.8 Å². The van der Waals surface area contributed by atoms with E-state index in [9.17, 15) is 0 Å². The van der Waals surface area contributed by atoms with Gasteiger partial charge in [0.05, 0.1) is 22.0 Å². The number of ether oxygens (including phenoxy) is 1. The first-order valence-corrected chi connectivity index (χ1v) is 7.84. The zero-order valence-electron chi connectivity index (χ0n) is 13.6. The Morgan fingerprint density at radius 1 is 1.35 bits per heavy atom. The highest BCUT2D eigenvalue weighted by molar-refractivity contribution is 6.31. The second-order valence-corrected chi connectivity index (χ2v) is 5.84. The van der Waals surface area contributed by atoms with Crippen LogP contribution in [0.4, 0.5) is 0 Å². The average molecular weight is 302 g/mol. The second kappa shape index (κ2) is 7.43. The minimum Gasteiger partial charge on any atom is -0.374 e. The lowest BCUT2D eigenvalue weighted by atomic mass is 9.94. The molecule has 0 bridgehead atoms. The van der Waals surface area contributed by atoms with Gasteiger partial charge in [-0.3, -0.25) is 4.68 Å². The molecular weight excluding hydrogens is 274 g/mol. The van der Waals surface area contributed by atoms with Crippen LogP contribution in [0.1, 0.15) is 46.0 Å². The highest BCUT2D eigenvalue weighted by Crippen LogP contribution is 2.26. The monoisotopic (exact) mass is 301 g/mol. The number of nitrogens with zero attached hydrogens (tertiary/aromatic N) is 2. The lowest BCUT2D eigenvalue weighted by molar-refractivity contribution is -0.0367. The van der Waals surface area contributed by atoms with Crippen molar-refractivity contribution in [1.82, 2.24) is 15.1 Å². The molecule has 4 nitrogen and oxygen atoms in total. The van der Waals surface area contributed by atoms with Crippen LogP contribution in [0.3, 0.4) is 0 Å². The van der Waals surface area contributed by atoms with Gasteiger partial charge in [0, 0.05) is 25.6 Å². The van der Waals surface area contributed by atoms with Gasteiger partial charge in [-0.2, -0.15) is 5.10 Å². The summed E-state index contributed by atoms with van der Waals surface area (Å²) in [7, 11) is 1.97. The molecule has 116 valence electrons. The maximum Gasteiger partial charge on any atom is 0.0850 e. The molecule has 1 unspecified atom stereocenters. The lowest BCUT2D eigenvalue weighted by Gasteiger charge is -2.34.